The van der Waals surface area contributed by atoms with Crippen LogP contribution in [0.5, 0.6) is 0 Å². The van der Waals surface area contributed by atoms with Crippen LogP contribution < -0.4 is 5.32 Å². The Morgan fingerprint density at radius 3 is 2.43 bits per heavy atom. The Kier molecular flexibility index (Phi) is 9.16. The molecule has 0 aromatic heterocycles. The fourth-order valence-electron chi connectivity index (χ4n) is 2.69. The Morgan fingerprint density at radius 1 is 1.11 bits per heavy atom. The van der Waals surface area contributed by atoms with Gasteiger partial charge in [0.25, 0.3) is 0 Å². The summed E-state index contributed by atoms with van der Waals surface area (Å²) >= 11 is 13.8. The smallest absolute Gasteiger partial charge is 0.242 e. The van der Waals surface area contributed by atoms with Crippen molar-refractivity contribution in [3.63, 3.8) is 0 Å². The van der Waals surface area contributed by atoms with Crippen molar-refractivity contribution in [1.29, 1.82) is 0 Å². The number of likely N-dealkylation sites (N-methyl/N-ethyl adjacent to an activating group) is 1. The maximum atomic E-state index is 12.9. The Morgan fingerprint density at radius 2 is 1.79 bits per heavy atom. The number of benzene rings is 2. The number of carbonyl (C=O) groups excluding carboxylic acids is 2. The van der Waals surface area contributed by atoms with Crippen LogP contribution in [0.15, 0.2) is 53.4 Å². The van der Waals surface area contributed by atoms with Crippen LogP contribution in [0.2, 0.25) is 10.0 Å². The number of rotatable bonds is 9. The molecule has 0 aliphatic rings. The molecular formula is C21H24Cl2N2O2S. The van der Waals surface area contributed by atoms with E-state index >= 15 is 0 Å². The van der Waals surface area contributed by atoms with E-state index in [1.807, 2.05) is 42.5 Å². The molecule has 0 heterocycles. The molecule has 150 valence electrons. The van der Waals surface area contributed by atoms with Crippen molar-refractivity contribution < 1.29 is 9.59 Å². The fraction of sp³-hybridized carbons (Fsp3) is 0.333. The van der Waals surface area contributed by atoms with E-state index in [-0.39, 0.29) is 11.8 Å². The molecule has 0 saturated carbocycles. The molecule has 0 bridgehead atoms. The van der Waals surface area contributed by atoms with E-state index in [2.05, 4.69) is 5.32 Å². The number of carbonyl (C=O) groups is 2. The second-order valence-electron chi connectivity index (χ2n) is 6.31. The van der Waals surface area contributed by atoms with Gasteiger partial charge in [-0.25, -0.2) is 0 Å². The average molecular weight is 439 g/mol. The topological polar surface area (TPSA) is 49.4 Å². The number of nitrogens with one attached hydrogen (secondary N) is 1. The summed E-state index contributed by atoms with van der Waals surface area (Å²) in [5.41, 5.74) is 0.823. The van der Waals surface area contributed by atoms with Crippen molar-refractivity contribution in [3.8, 4) is 0 Å². The molecule has 0 spiro atoms. The van der Waals surface area contributed by atoms with Gasteiger partial charge in [-0.15, -0.1) is 11.8 Å². The van der Waals surface area contributed by atoms with Gasteiger partial charge < -0.3 is 10.2 Å². The van der Waals surface area contributed by atoms with Gasteiger partial charge in [0, 0.05) is 35.0 Å². The minimum atomic E-state index is -0.572. The molecule has 0 radical (unpaired) electrons. The van der Waals surface area contributed by atoms with Gasteiger partial charge in [0.1, 0.15) is 6.04 Å². The summed E-state index contributed by atoms with van der Waals surface area (Å²) in [5, 5.41) is 3.91. The van der Waals surface area contributed by atoms with Crippen molar-refractivity contribution >= 4 is 46.8 Å². The van der Waals surface area contributed by atoms with Crippen LogP contribution in [0.1, 0.15) is 25.3 Å². The second-order valence-corrected chi connectivity index (χ2v) is 8.32. The third-order valence-corrected chi connectivity index (χ3v) is 6.05. The van der Waals surface area contributed by atoms with Gasteiger partial charge in [-0.1, -0.05) is 41.4 Å². The van der Waals surface area contributed by atoms with E-state index in [0.717, 1.165) is 16.2 Å². The molecule has 1 atom stereocenters. The molecule has 2 aromatic carbocycles. The number of nitrogens with zero attached hydrogens (tertiary/aromatic N) is 1. The van der Waals surface area contributed by atoms with Crippen LogP contribution >= 0.6 is 35.0 Å². The molecule has 2 amide bonds. The molecule has 0 unspecified atom stereocenters. The summed E-state index contributed by atoms with van der Waals surface area (Å²) in [6, 6.07) is 14.4. The average Bonchev–Trinajstić information content (AvgIpc) is 2.70. The zero-order valence-electron chi connectivity index (χ0n) is 16.0. The van der Waals surface area contributed by atoms with Gasteiger partial charge in [-0.05, 0) is 55.0 Å². The largest absolute Gasteiger partial charge is 0.357 e. The molecule has 7 heteroatoms. The zero-order chi connectivity index (χ0) is 20.5. The molecular weight excluding hydrogens is 415 g/mol. The number of hydrogen-bond donors (Lipinski definition) is 1. The number of amides is 2. The summed E-state index contributed by atoms with van der Waals surface area (Å²) < 4.78 is 0. The highest BCUT2D eigenvalue weighted by Crippen LogP contribution is 2.23. The van der Waals surface area contributed by atoms with Crippen LogP contribution in [0.3, 0.4) is 0 Å². The van der Waals surface area contributed by atoms with Gasteiger partial charge in [0.05, 0.1) is 0 Å². The van der Waals surface area contributed by atoms with Gasteiger partial charge in [-0.3, -0.25) is 9.59 Å². The molecule has 0 fully saturated rings. The molecule has 2 aromatic rings. The first-order valence-corrected chi connectivity index (χ1v) is 10.8. The van der Waals surface area contributed by atoms with Crippen LogP contribution in [-0.4, -0.2) is 35.6 Å². The Balaban J connectivity index is 1.97. The summed E-state index contributed by atoms with van der Waals surface area (Å²) in [6.07, 6.45) is 1.08. The van der Waals surface area contributed by atoms with E-state index in [4.69, 9.17) is 23.2 Å². The van der Waals surface area contributed by atoms with Crippen LogP contribution in [0, 0.1) is 0 Å². The first-order chi connectivity index (χ1) is 13.4. The first-order valence-electron chi connectivity index (χ1n) is 9.05. The molecule has 0 saturated heterocycles. The summed E-state index contributed by atoms with van der Waals surface area (Å²) in [5.74, 6) is 0.547. The lowest BCUT2D eigenvalue weighted by atomic mass is 10.1. The number of hydrogen-bond acceptors (Lipinski definition) is 3. The highest BCUT2D eigenvalue weighted by atomic mass is 35.5. The SMILES string of the molecule is CNC(=O)[C@@H](C)N(Cc1ccccc1Cl)C(=O)CCCSc1ccc(Cl)cc1. The lowest BCUT2D eigenvalue weighted by Gasteiger charge is -2.28. The van der Waals surface area contributed by atoms with Crippen LogP contribution in [0.25, 0.3) is 0 Å². The first kappa shape index (κ1) is 22.6. The highest BCUT2D eigenvalue weighted by molar-refractivity contribution is 7.99. The van der Waals surface area contributed by atoms with E-state index < -0.39 is 6.04 Å². The quantitative estimate of drug-likeness (QED) is 0.441. The molecule has 1 N–H and O–H groups in total. The number of thioether (sulfide) groups is 1. The van der Waals surface area contributed by atoms with Gasteiger partial charge in [0.2, 0.25) is 11.8 Å². The predicted molar refractivity (Wildman–Crippen MR) is 117 cm³/mol. The fourth-order valence-corrected chi connectivity index (χ4v) is 3.86. The van der Waals surface area contributed by atoms with Crippen molar-refractivity contribution in [1.82, 2.24) is 10.2 Å². The monoisotopic (exact) mass is 438 g/mol. The Hall–Kier alpha value is -1.69. The predicted octanol–water partition coefficient (Wildman–Crippen LogP) is 5.03. The van der Waals surface area contributed by atoms with Gasteiger partial charge >= 0.3 is 0 Å². The van der Waals surface area contributed by atoms with E-state index in [1.165, 1.54) is 0 Å². The van der Waals surface area contributed by atoms with E-state index in [1.54, 1.807) is 36.7 Å². The normalized spacial score (nSPS) is 11.7. The lowest BCUT2D eigenvalue weighted by Crippen LogP contribution is -2.46. The Bertz CT molecular complexity index is 799. The standard InChI is InChI=1S/C21H24Cl2N2O2S/c1-15(21(27)24-2)25(14-16-6-3-4-7-19(16)23)20(26)8-5-13-28-18-11-9-17(22)10-12-18/h3-4,6-7,9-12,15H,5,8,13-14H2,1-2H3,(H,24,27)/t15-/m1/s1. The summed E-state index contributed by atoms with van der Waals surface area (Å²) in [4.78, 5) is 27.7. The third-order valence-electron chi connectivity index (χ3n) is 4.33. The van der Waals surface area contributed by atoms with Crippen molar-refractivity contribution in [2.45, 2.75) is 37.2 Å². The lowest BCUT2D eigenvalue weighted by molar-refractivity contribution is -0.140. The minimum Gasteiger partial charge on any atom is -0.357 e. The zero-order valence-corrected chi connectivity index (χ0v) is 18.3. The molecule has 0 aliphatic carbocycles. The van der Waals surface area contributed by atoms with Crippen LogP contribution in [-0.2, 0) is 16.1 Å². The van der Waals surface area contributed by atoms with Crippen molar-refractivity contribution in [3.05, 3.63) is 64.1 Å². The summed E-state index contributed by atoms with van der Waals surface area (Å²) in [7, 11) is 1.57. The third kappa shape index (κ3) is 6.73. The second kappa shape index (κ2) is 11.3. The van der Waals surface area contributed by atoms with Crippen LogP contribution in [0.4, 0.5) is 0 Å². The molecule has 2 rings (SSSR count). The van der Waals surface area contributed by atoms with Gasteiger partial charge in [-0.2, -0.15) is 0 Å². The highest BCUT2D eigenvalue weighted by Gasteiger charge is 2.25. The molecule has 28 heavy (non-hydrogen) atoms. The maximum Gasteiger partial charge on any atom is 0.242 e. The summed E-state index contributed by atoms with van der Waals surface area (Å²) in [6.45, 7) is 2.04. The van der Waals surface area contributed by atoms with E-state index in [9.17, 15) is 9.59 Å². The Labute approximate surface area is 180 Å². The minimum absolute atomic E-state index is 0.0623. The van der Waals surface area contributed by atoms with Crippen molar-refractivity contribution in [2.75, 3.05) is 12.8 Å². The van der Waals surface area contributed by atoms with E-state index in [0.29, 0.717) is 29.4 Å². The molecule has 0 aliphatic heterocycles. The maximum absolute atomic E-state index is 12.9. The van der Waals surface area contributed by atoms with Gasteiger partial charge in [0.15, 0.2) is 0 Å². The van der Waals surface area contributed by atoms with Crippen molar-refractivity contribution in [2.24, 2.45) is 0 Å². The number of halogens is 2. The molecule has 4 nitrogen and oxygen atoms in total.